The average Bonchev–Trinajstić information content (AvgIpc) is 2.90. The maximum Gasteiger partial charge on any atom is 0.316 e. The molecule has 0 N–H and O–H groups in total. The molecule has 1 aliphatic rings. The van der Waals surface area contributed by atoms with E-state index in [9.17, 15) is 4.79 Å². The number of nitrogens with zero attached hydrogens (tertiary/aromatic N) is 2. The maximum atomic E-state index is 12.8. The van der Waals surface area contributed by atoms with Gasteiger partial charge in [0.25, 0.3) is 0 Å². The molecule has 5 heteroatoms. The van der Waals surface area contributed by atoms with Crippen molar-refractivity contribution in [3.63, 3.8) is 0 Å². The van der Waals surface area contributed by atoms with Crippen LogP contribution in [-0.2, 0) is 14.9 Å². The Kier molecular flexibility index (Phi) is 8.48. The van der Waals surface area contributed by atoms with E-state index in [-0.39, 0.29) is 5.97 Å². The van der Waals surface area contributed by atoms with E-state index in [0.29, 0.717) is 6.61 Å². The number of piperazine rings is 1. The minimum atomic E-state index is -0.606. The molecule has 184 valence electrons. The lowest BCUT2D eigenvalue weighted by Crippen LogP contribution is -2.47. The van der Waals surface area contributed by atoms with Crippen molar-refractivity contribution in [2.45, 2.75) is 32.1 Å². The number of hydrogen-bond acceptors (Lipinski definition) is 4. The van der Waals surface area contributed by atoms with E-state index in [4.69, 9.17) is 16.3 Å². The minimum Gasteiger partial charge on any atom is -0.465 e. The van der Waals surface area contributed by atoms with Crippen LogP contribution in [-0.4, -0.2) is 50.2 Å². The molecule has 1 unspecified atom stereocenters. The van der Waals surface area contributed by atoms with Crippen LogP contribution in [0, 0.1) is 0 Å². The van der Waals surface area contributed by atoms with Gasteiger partial charge in [0.15, 0.2) is 0 Å². The summed E-state index contributed by atoms with van der Waals surface area (Å²) < 4.78 is 5.44. The standard InChI is InChI=1S/C30H35ClN2O2/c1-3-35-29(34)30(2,26-8-5-4-6-9-26)18-7-19-32-20-22-33(23-21-32)28-16-12-25(13-17-28)24-10-14-27(31)15-11-24/h4-6,8-17H,3,7,18-23H2,1-2H3. The summed E-state index contributed by atoms with van der Waals surface area (Å²) >= 11 is 6.01. The highest BCUT2D eigenvalue weighted by atomic mass is 35.5. The molecule has 0 aliphatic carbocycles. The fourth-order valence-corrected chi connectivity index (χ4v) is 4.98. The van der Waals surface area contributed by atoms with Crippen molar-refractivity contribution in [1.29, 1.82) is 0 Å². The lowest BCUT2D eigenvalue weighted by Gasteiger charge is -2.37. The monoisotopic (exact) mass is 490 g/mol. The van der Waals surface area contributed by atoms with Crippen LogP contribution < -0.4 is 4.90 Å². The fraction of sp³-hybridized carbons (Fsp3) is 0.367. The van der Waals surface area contributed by atoms with E-state index in [1.165, 1.54) is 16.8 Å². The molecular formula is C30H35ClN2O2. The summed E-state index contributed by atoms with van der Waals surface area (Å²) in [5, 5.41) is 0.758. The van der Waals surface area contributed by atoms with Crippen molar-refractivity contribution in [3.8, 4) is 11.1 Å². The Morgan fingerprint density at radius 2 is 1.49 bits per heavy atom. The van der Waals surface area contributed by atoms with Crippen LogP contribution in [0.1, 0.15) is 32.3 Å². The van der Waals surface area contributed by atoms with E-state index < -0.39 is 5.41 Å². The Labute approximate surface area is 214 Å². The summed E-state index contributed by atoms with van der Waals surface area (Å²) in [5.74, 6) is -0.127. The second-order valence-electron chi connectivity index (χ2n) is 9.40. The predicted molar refractivity (Wildman–Crippen MR) is 145 cm³/mol. The molecule has 0 spiro atoms. The van der Waals surface area contributed by atoms with Gasteiger partial charge in [-0.25, -0.2) is 0 Å². The first-order valence-electron chi connectivity index (χ1n) is 12.6. The summed E-state index contributed by atoms with van der Waals surface area (Å²) in [6.07, 6.45) is 1.74. The Balaban J connectivity index is 1.29. The molecule has 1 heterocycles. The Morgan fingerprint density at radius 1 is 0.886 bits per heavy atom. The van der Waals surface area contributed by atoms with E-state index in [1.807, 2.05) is 56.3 Å². The van der Waals surface area contributed by atoms with Crippen LogP contribution >= 0.6 is 11.6 Å². The van der Waals surface area contributed by atoms with Crippen molar-refractivity contribution in [2.24, 2.45) is 0 Å². The number of hydrogen-bond donors (Lipinski definition) is 0. The first kappa shape index (κ1) is 25.3. The molecule has 4 nitrogen and oxygen atoms in total. The highest BCUT2D eigenvalue weighted by molar-refractivity contribution is 6.30. The van der Waals surface area contributed by atoms with Crippen LogP contribution in [0.25, 0.3) is 11.1 Å². The second-order valence-corrected chi connectivity index (χ2v) is 9.84. The van der Waals surface area contributed by atoms with E-state index in [1.54, 1.807) is 0 Å². The molecule has 3 aromatic rings. The Bertz CT molecular complexity index is 1080. The van der Waals surface area contributed by atoms with Gasteiger partial charge >= 0.3 is 5.97 Å². The summed E-state index contributed by atoms with van der Waals surface area (Å²) in [7, 11) is 0. The third kappa shape index (κ3) is 6.25. The SMILES string of the molecule is CCOC(=O)C(C)(CCCN1CCN(c2ccc(-c3ccc(Cl)cc3)cc2)CC1)c1ccccc1. The normalized spacial score (nSPS) is 16.0. The van der Waals surface area contributed by atoms with Crippen LogP contribution in [0.3, 0.4) is 0 Å². The topological polar surface area (TPSA) is 32.8 Å². The van der Waals surface area contributed by atoms with Gasteiger partial charge in [-0.15, -0.1) is 0 Å². The van der Waals surface area contributed by atoms with E-state index in [0.717, 1.165) is 56.2 Å². The predicted octanol–water partition coefficient (Wildman–Crippen LogP) is 6.43. The van der Waals surface area contributed by atoms with Crippen molar-refractivity contribution in [3.05, 3.63) is 89.4 Å². The van der Waals surface area contributed by atoms with Crippen LogP contribution in [0.15, 0.2) is 78.9 Å². The number of anilines is 1. The molecule has 1 atom stereocenters. The third-order valence-corrected chi connectivity index (χ3v) is 7.32. The molecule has 4 rings (SSSR count). The summed E-state index contributed by atoms with van der Waals surface area (Å²) in [6, 6.07) is 26.8. The van der Waals surface area contributed by atoms with Gasteiger partial charge in [0, 0.05) is 36.9 Å². The van der Waals surface area contributed by atoms with Gasteiger partial charge in [-0.3, -0.25) is 9.69 Å². The second kappa shape index (κ2) is 11.7. The molecule has 0 bridgehead atoms. The number of carbonyl (C=O) groups excluding carboxylic acids is 1. The lowest BCUT2D eigenvalue weighted by molar-refractivity contribution is -0.149. The molecule has 0 radical (unpaired) electrons. The van der Waals surface area contributed by atoms with Gasteiger partial charge in [-0.05, 0) is 74.2 Å². The largest absolute Gasteiger partial charge is 0.465 e. The molecule has 0 saturated carbocycles. The summed E-state index contributed by atoms with van der Waals surface area (Å²) in [4.78, 5) is 17.8. The molecule has 0 amide bonds. The number of carbonyl (C=O) groups is 1. The van der Waals surface area contributed by atoms with Crippen LogP contribution in [0.5, 0.6) is 0 Å². The van der Waals surface area contributed by atoms with E-state index >= 15 is 0 Å². The molecule has 35 heavy (non-hydrogen) atoms. The minimum absolute atomic E-state index is 0.127. The van der Waals surface area contributed by atoms with Crippen molar-refractivity contribution >= 4 is 23.3 Å². The molecule has 1 fully saturated rings. The number of rotatable bonds is 9. The highest BCUT2D eigenvalue weighted by Crippen LogP contribution is 2.31. The number of esters is 1. The maximum absolute atomic E-state index is 12.8. The lowest BCUT2D eigenvalue weighted by atomic mass is 9.78. The first-order valence-corrected chi connectivity index (χ1v) is 12.9. The van der Waals surface area contributed by atoms with Gasteiger partial charge in [0.1, 0.15) is 0 Å². The summed E-state index contributed by atoms with van der Waals surface area (Å²) in [5.41, 5.74) is 4.07. The highest BCUT2D eigenvalue weighted by Gasteiger charge is 2.36. The van der Waals surface area contributed by atoms with E-state index in [2.05, 4.69) is 46.2 Å². The first-order chi connectivity index (χ1) is 17.0. The van der Waals surface area contributed by atoms with Gasteiger partial charge in [-0.1, -0.05) is 66.2 Å². The van der Waals surface area contributed by atoms with Gasteiger partial charge in [0.05, 0.1) is 12.0 Å². The number of ether oxygens (including phenoxy) is 1. The van der Waals surface area contributed by atoms with Crippen molar-refractivity contribution in [1.82, 2.24) is 4.90 Å². The zero-order valence-electron chi connectivity index (χ0n) is 20.8. The molecule has 1 saturated heterocycles. The number of halogens is 1. The Hall–Kier alpha value is -2.82. The molecule has 3 aromatic carbocycles. The fourth-order valence-electron chi connectivity index (χ4n) is 4.85. The molecular weight excluding hydrogens is 456 g/mol. The van der Waals surface area contributed by atoms with Crippen LogP contribution in [0.4, 0.5) is 5.69 Å². The zero-order chi connectivity index (χ0) is 24.7. The quantitative estimate of drug-likeness (QED) is 0.323. The molecule has 0 aromatic heterocycles. The van der Waals surface area contributed by atoms with Gasteiger partial charge in [-0.2, -0.15) is 0 Å². The summed E-state index contributed by atoms with van der Waals surface area (Å²) in [6.45, 7) is 9.36. The Morgan fingerprint density at radius 3 is 2.09 bits per heavy atom. The van der Waals surface area contributed by atoms with Crippen molar-refractivity contribution in [2.75, 3.05) is 44.2 Å². The van der Waals surface area contributed by atoms with Crippen LogP contribution in [0.2, 0.25) is 5.02 Å². The third-order valence-electron chi connectivity index (χ3n) is 7.07. The zero-order valence-corrected chi connectivity index (χ0v) is 21.5. The number of benzene rings is 3. The van der Waals surface area contributed by atoms with Gasteiger partial charge in [0.2, 0.25) is 0 Å². The molecule has 1 aliphatic heterocycles. The van der Waals surface area contributed by atoms with Crippen molar-refractivity contribution < 1.29 is 9.53 Å². The average molecular weight is 491 g/mol. The van der Waals surface area contributed by atoms with Gasteiger partial charge < -0.3 is 9.64 Å². The smallest absolute Gasteiger partial charge is 0.316 e.